The van der Waals surface area contributed by atoms with E-state index in [2.05, 4.69) is 10.3 Å². The number of hydrogen-bond acceptors (Lipinski definition) is 2. The van der Waals surface area contributed by atoms with Crippen molar-refractivity contribution in [3.63, 3.8) is 0 Å². The maximum Gasteiger partial charge on any atom is 0.321 e. The fourth-order valence-electron chi connectivity index (χ4n) is 1.34. The van der Waals surface area contributed by atoms with E-state index in [9.17, 15) is 4.79 Å². The Labute approximate surface area is 90.3 Å². The summed E-state index contributed by atoms with van der Waals surface area (Å²) in [5.41, 5.74) is 1.69. The van der Waals surface area contributed by atoms with Crippen LogP contribution in [-0.4, -0.2) is 29.0 Å². The molecule has 0 unspecified atom stereocenters. The highest BCUT2D eigenvalue weighted by Crippen LogP contribution is 2.07. The Morgan fingerprint density at radius 3 is 2.67 bits per heavy atom. The van der Waals surface area contributed by atoms with Crippen LogP contribution < -0.4 is 5.32 Å². The Hall–Kier alpha value is -1.58. The molecule has 4 nitrogen and oxygen atoms in total. The molecule has 15 heavy (non-hydrogen) atoms. The van der Waals surface area contributed by atoms with Crippen LogP contribution in [0.15, 0.2) is 18.3 Å². The van der Waals surface area contributed by atoms with Crippen molar-refractivity contribution >= 4 is 11.7 Å². The topological polar surface area (TPSA) is 45.2 Å². The number of nitrogens with zero attached hydrogens (tertiary/aromatic N) is 2. The molecule has 0 saturated heterocycles. The molecule has 0 spiro atoms. The highest BCUT2D eigenvalue weighted by molar-refractivity contribution is 5.89. The number of pyridine rings is 1. The standard InChI is InChI=1S/C11H17N3O/c1-4-14(5-2)11(15)13-10-6-7-12-9(3)8-10/h6-8H,4-5H2,1-3H3,(H,12,13,15). The molecule has 0 fully saturated rings. The summed E-state index contributed by atoms with van der Waals surface area (Å²) in [5, 5.41) is 2.83. The zero-order valence-electron chi connectivity index (χ0n) is 9.45. The largest absolute Gasteiger partial charge is 0.325 e. The number of carbonyl (C=O) groups is 1. The van der Waals surface area contributed by atoms with E-state index >= 15 is 0 Å². The van der Waals surface area contributed by atoms with Crippen LogP contribution in [0.2, 0.25) is 0 Å². The zero-order chi connectivity index (χ0) is 11.3. The number of nitrogens with one attached hydrogen (secondary N) is 1. The van der Waals surface area contributed by atoms with Gasteiger partial charge in [0.2, 0.25) is 0 Å². The summed E-state index contributed by atoms with van der Waals surface area (Å²) < 4.78 is 0. The minimum absolute atomic E-state index is 0.0643. The summed E-state index contributed by atoms with van der Waals surface area (Å²) >= 11 is 0. The Kier molecular flexibility index (Phi) is 4.09. The predicted octanol–water partition coefficient (Wildman–Crippen LogP) is 2.26. The van der Waals surface area contributed by atoms with Crippen LogP contribution in [0, 0.1) is 6.92 Å². The fourth-order valence-corrected chi connectivity index (χ4v) is 1.34. The number of hydrogen-bond donors (Lipinski definition) is 1. The lowest BCUT2D eigenvalue weighted by molar-refractivity contribution is 0.217. The first-order valence-corrected chi connectivity index (χ1v) is 5.16. The van der Waals surface area contributed by atoms with Gasteiger partial charge in [0.15, 0.2) is 0 Å². The van der Waals surface area contributed by atoms with Crippen molar-refractivity contribution in [3.05, 3.63) is 24.0 Å². The minimum Gasteiger partial charge on any atom is -0.325 e. The van der Waals surface area contributed by atoms with Gasteiger partial charge < -0.3 is 10.2 Å². The SMILES string of the molecule is CCN(CC)C(=O)Nc1ccnc(C)c1. The van der Waals surface area contributed by atoms with Gasteiger partial charge in [-0.15, -0.1) is 0 Å². The van der Waals surface area contributed by atoms with Gasteiger partial charge in [0.05, 0.1) is 0 Å². The third-order valence-corrected chi connectivity index (χ3v) is 2.20. The van der Waals surface area contributed by atoms with Crippen molar-refractivity contribution < 1.29 is 4.79 Å². The number of rotatable bonds is 3. The second kappa shape index (κ2) is 5.34. The first kappa shape index (κ1) is 11.5. The highest BCUT2D eigenvalue weighted by atomic mass is 16.2. The maximum atomic E-state index is 11.7. The lowest BCUT2D eigenvalue weighted by atomic mass is 10.3. The average molecular weight is 207 g/mol. The summed E-state index contributed by atoms with van der Waals surface area (Å²) in [7, 11) is 0. The lowest BCUT2D eigenvalue weighted by Gasteiger charge is -2.19. The summed E-state index contributed by atoms with van der Waals surface area (Å²) in [6.45, 7) is 7.24. The number of urea groups is 1. The van der Waals surface area contributed by atoms with Crippen LogP contribution in [0.4, 0.5) is 10.5 Å². The Bertz CT molecular complexity index is 334. The van der Waals surface area contributed by atoms with E-state index in [1.807, 2.05) is 26.8 Å². The molecule has 0 aromatic carbocycles. The molecule has 1 aromatic heterocycles. The smallest absolute Gasteiger partial charge is 0.321 e. The van der Waals surface area contributed by atoms with Gasteiger partial charge in [-0.05, 0) is 32.9 Å². The molecule has 0 aliphatic carbocycles. The zero-order valence-corrected chi connectivity index (χ0v) is 9.45. The van der Waals surface area contributed by atoms with Gasteiger partial charge in [0, 0.05) is 30.7 Å². The molecule has 1 rings (SSSR count). The van der Waals surface area contributed by atoms with Crippen LogP contribution in [-0.2, 0) is 0 Å². The first-order chi connectivity index (χ1) is 7.17. The predicted molar refractivity (Wildman–Crippen MR) is 60.9 cm³/mol. The van der Waals surface area contributed by atoms with Crippen molar-refractivity contribution in [2.24, 2.45) is 0 Å². The molecule has 0 atom stereocenters. The van der Waals surface area contributed by atoms with Gasteiger partial charge in [-0.1, -0.05) is 0 Å². The summed E-state index contributed by atoms with van der Waals surface area (Å²) in [4.78, 5) is 17.5. The van der Waals surface area contributed by atoms with E-state index in [0.29, 0.717) is 13.1 Å². The van der Waals surface area contributed by atoms with Crippen LogP contribution in [0.25, 0.3) is 0 Å². The summed E-state index contributed by atoms with van der Waals surface area (Å²) in [6, 6.07) is 3.57. The summed E-state index contributed by atoms with van der Waals surface area (Å²) in [5.74, 6) is 0. The molecule has 1 N–H and O–H groups in total. The molecule has 1 heterocycles. The number of carbonyl (C=O) groups excluding carboxylic acids is 1. The second-order valence-corrected chi connectivity index (χ2v) is 3.29. The first-order valence-electron chi connectivity index (χ1n) is 5.16. The van der Waals surface area contributed by atoms with Gasteiger partial charge in [-0.2, -0.15) is 0 Å². The molecule has 1 aromatic rings. The fraction of sp³-hybridized carbons (Fsp3) is 0.455. The van der Waals surface area contributed by atoms with Gasteiger partial charge in [0.1, 0.15) is 0 Å². The highest BCUT2D eigenvalue weighted by Gasteiger charge is 2.08. The quantitative estimate of drug-likeness (QED) is 0.826. The van der Waals surface area contributed by atoms with Gasteiger partial charge >= 0.3 is 6.03 Å². The summed E-state index contributed by atoms with van der Waals surface area (Å²) in [6.07, 6.45) is 1.69. The van der Waals surface area contributed by atoms with E-state index in [0.717, 1.165) is 11.4 Å². The second-order valence-electron chi connectivity index (χ2n) is 3.29. The maximum absolute atomic E-state index is 11.7. The van der Waals surface area contributed by atoms with Crippen molar-refractivity contribution in [1.82, 2.24) is 9.88 Å². The number of aryl methyl sites for hydroxylation is 1. The van der Waals surface area contributed by atoms with Crippen molar-refractivity contribution in [2.75, 3.05) is 18.4 Å². The van der Waals surface area contributed by atoms with Crippen molar-refractivity contribution in [1.29, 1.82) is 0 Å². The Morgan fingerprint density at radius 2 is 2.13 bits per heavy atom. The van der Waals surface area contributed by atoms with E-state index in [-0.39, 0.29) is 6.03 Å². The molecular weight excluding hydrogens is 190 g/mol. The molecule has 2 amide bonds. The van der Waals surface area contributed by atoms with E-state index < -0.39 is 0 Å². The Balaban J connectivity index is 2.65. The van der Waals surface area contributed by atoms with Gasteiger partial charge in [-0.3, -0.25) is 4.98 Å². The minimum atomic E-state index is -0.0643. The molecule has 0 aliphatic rings. The normalized spacial score (nSPS) is 9.80. The molecule has 0 bridgehead atoms. The lowest BCUT2D eigenvalue weighted by Crippen LogP contribution is -2.34. The van der Waals surface area contributed by atoms with Crippen LogP contribution in [0.3, 0.4) is 0 Å². The third-order valence-electron chi connectivity index (χ3n) is 2.20. The van der Waals surface area contributed by atoms with Crippen molar-refractivity contribution in [3.8, 4) is 0 Å². The molecule has 4 heteroatoms. The van der Waals surface area contributed by atoms with Gasteiger partial charge in [0.25, 0.3) is 0 Å². The molecule has 0 radical (unpaired) electrons. The third kappa shape index (κ3) is 3.23. The molecular formula is C11H17N3O. The van der Waals surface area contributed by atoms with E-state index in [1.54, 1.807) is 17.2 Å². The van der Waals surface area contributed by atoms with Gasteiger partial charge in [-0.25, -0.2) is 4.79 Å². The number of aromatic nitrogens is 1. The Morgan fingerprint density at radius 1 is 1.47 bits per heavy atom. The number of amides is 2. The molecule has 0 aliphatic heterocycles. The number of anilines is 1. The van der Waals surface area contributed by atoms with Crippen LogP contribution >= 0.6 is 0 Å². The molecule has 82 valence electrons. The molecule has 0 saturated carbocycles. The average Bonchev–Trinajstić information content (AvgIpc) is 2.19. The van der Waals surface area contributed by atoms with E-state index in [1.165, 1.54) is 0 Å². The van der Waals surface area contributed by atoms with Crippen LogP contribution in [0.5, 0.6) is 0 Å². The van der Waals surface area contributed by atoms with E-state index in [4.69, 9.17) is 0 Å². The van der Waals surface area contributed by atoms with Crippen molar-refractivity contribution in [2.45, 2.75) is 20.8 Å². The van der Waals surface area contributed by atoms with Crippen LogP contribution in [0.1, 0.15) is 19.5 Å². The monoisotopic (exact) mass is 207 g/mol.